The van der Waals surface area contributed by atoms with Gasteiger partial charge in [-0.1, -0.05) is 0 Å². The molecule has 4 N–H and O–H groups in total. The molecular weight excluding hydrogens is 181 g/mol. The van der Waals surface area contributed by atoms with E-state index in [4.69, 9.17) is 15.4 Å². The molecule has 1 unspecified atom stereocenters. The van der Waals surface area contributed by atoms with Crippen molar-refractivity contribution >= 4 is 39.7 Å². The van der Waals surface area contributed by atoms with Crippen LogP contribution in [0, 0.1) is 0 Å². The molecule has 0 amide bonds. The molecule has 0 aromatic heterocycles. The fraction of sp³-hybridized carbons (Fsp3) is 1.00. The summed E-state index contributed by atoms with van der Waals surface area (Å²) in [7, 11) is -4.06. The van der Waals surface area contributed by atoms with Gasteiger partial charge in [-0.05, 0) is 6.42 Å². The van der Waals surface area contributed by atoms with E-state index >= 15 is 0 Å². The van der Waals surface area contributed by atoms with Gasteiger partial charge in [-0.25, -0.2) is 0 Å². The summed E-state index contributed by atoms with van der Waals surface area (Å²) >= 11 is 0. The summed E-state index contributed by atoms with van der Waals surface area (Å²) in [6.07, 6.45) is -0.0185. The molecule has 0 aliphatic rings. The van der Waals surface area contributed by atoms with E-state index in [9.17, 15) is 8.42 Å². The molecule has 0 radical (unpaired) electrons. The minimum atomic E-state index is -4.06. The van der Waals surface area contributed by atoms with E-state index in [2.05, 4.69) is 0 Å². The molecule has 0 aliphatic heterocycles. The summed E-state index contributed by atoms with van der Waals surface area (Å²) in [5.41, 5.74) is 4.99. The monoisotopic (exact) mass is 193 g/mol. The Balaban J connectivity index is 0. The van der Waals surface area contributed by atoms with Gasteiger partial charge < -0.3 is 10.8 Å². The Labute approximate surface area is 88.0 Å². The normalized spacial score (nSPS) is 13.7. The Bertz CT molecular complexity index is 181. The Morgan fingerprint density at radius 2 is 1.91 bits per heavy atom. The van der Waals surface area contributed by atoms with Crippen molar-refractivity contribution in [1.29, 1.82) is 0 Å². The van der Waals surface area contributed by atoms with Gasteiger partial charge in [-0.15, -0.1) is 0 Å². The van der Waals surface area contributed by atoms with Crippen LogP contribution in [0.1, 0.15) is 6.42 Å². The summed E-state index contributed by atoms with van der Waals surface area (Å²) in [6, 6.07) is 0. The molecule has 7 heteroatoms. The Morgan fingerprint density at radius 1 is 1.45 bits per heavy atom. The van der Waals surface area contributed by atoms with Gasteiger partial charge in [-0.3, -0.25) is 4.55 Å². The molecule has 0 heterocycles. The molecular formula is C4H12NNaO4S. The van der Waals surface area contributed by atoms with Gasteiger partial charge in [0.1, 0.15) is 5.25 Å². The third-order valence-corrected chi connectivity index (χ3v) is 2.41. The molecule has 0 fully saturated rings. The number of aliphatic hydroxyl groups is 1. The second-order valence-electron chi connectivity index (χ2n) is 1.88. The SMILES string of the molecule is NCC(CCO)S(=O)(=O)O.[NaH]. The van der Waals surface area contributed by atoms with E-state index < -0.39 is 15.4 Å². The van der Waals surface area contributed by atoms with Crippen molar-refractivity contribution in [2.24, 2.45) is 5.73 Å². The van der Waals surface area contributed by atoms with Crippen LogP contribution in [0.3, 0.4) is 0 Å². The van der Waals surface area contributed by atoms with Crippen molar-refractivity contribution in [2.45, 2.75) is 11.7 Å². The Hall–Kier alpha value is 0.830. The Morgan fingerprint density at radius 3 is 2.00 bits per heavy atom. The van der Waals surface area contributed by atoms with Gasteiger partial charge in [0, 0.05) is 13.2 Å². The van der Waals surface area contributed by atoms with Crippen molar-refractivity contribution in [3.8, 4) is 0 Å². The van der Waals surface area contributed by atoms with Crippen LogP contribution in [0.4, 0.5) is 0 Å². The molecule has 0 spiro atoms. The number of rotatable bonds is 4. The van der Waals surface area contributed by atoms with Gasteiger partial charge in [0.05, 0.1) is 0 Å². The predicted octanol–water partition coefficient (Wildman–Crippen LogP) is -2.06. The van der Waals surface area contributed by atoms with Gasteiger partial charge in [-0.2, -0.15) is 8.42 Å². The van der Waals surface area contributed by atoms with Crippen LogP contribution in [-0.4, -0.2) is 66.0 Å². The van der Waals surface area contributed by atoms with Crippen LogP contribution < -0.4 is 5.73 Å². The topological polar surface area (TPSA) is 101 Å². The second kappa shape index (κ2) is 6.36. The zero-order chi connectivity index (χ0) is 8.20. The van der Waals surface area contributed by atoms with Crippen molar-refractivity contribution in [2.75, 3.05) is 13.2 Å². The first-order chi connectivity index (χ1) is 4.52. The van der Waals surface area contributed by atoms with Gasteiger partial charge in [0.15, 0.2) is 0 Å². The van der Waals surface area contributed by atoms with Crippen LogP contribution >= 0.6 is 0 Å². The molecule has 0 saturated carbocycles. The first-order valence-corrected chi connectivity index (χ1v) is 4.30. The fourth-order valence-corrected chi connectivity index (χ4v) is 1.18. The first-order valence-electron chi connectivity index (χ1n) is 2.79. The Kier molecular flexibility index (Phi) is 8.30. The zero-order valence-electron chi connectivity index (χ0n) is 5.40. The third kappa shape index (κ3) is 6.03. The molecule has 0 aromatic carbocycles. The molecule has 64 valence electrons. The number of aliphatic hydroxyl groups excluding tert-OH is 1. The minimum absolute atomic E-state index is 0. The molecule has 0 aromatic rings. The van der Waals surface area contributed by atoms with E-state index in [-0.39, 0.29) is 49.1 Å². The summed E-state index contributed by atoms with van der Waals surface area (Å²) in [6.45, 7) is -0.457. The standard InChI is InChI=1S/C4H11NO4S.Na.H/c5-3-4(1-2-6)10(7,8)9;;/h4,6H,1-3,5H2,(H,7,8,9);;. The molecule has 1 atom stereocenters. The summed E-state index contributed by atoms with van der Waals surface area (Å²) in [4.78, 5) is 0. The average Bonchev–Trinajstić information content (AvgIpc) is 1.80. The molecule has 0 rings (SSSR count). The van der Waals surface area contributed by atoms with Gasteiger partial charge in [0.2, 0.25) is 0 Å². The van der Waals surface area contributed by atoms with Gasteiger partial charge in [0.25, 0.3) is 10.1 Å². The molecule has 0 bridgehead atoms. The maximum absolute atomic E-state index is 10.3. The molecule has 0 aliphatic carbocycles. The quantitative estimate of drug-likeness (QED) is 0.352. The number of nitrogens with two attached hydrogens (primary N) is 1. The second-order valence-corrected chi connectivity index (χ2v) is 3.58. The average molecular weight is 193 g/mol. The van der Waals surface area contributed by atoms with Crippen LogP contribution in [0.2, 0.25) is 0 Å². The summed E-state index contributed by atoms with van der Waals surface area (Å²) < 4.78 is 29.0. The van der Waals surface area contributed by atoms with Crippen LogP contribution in [-0.2, 0) is 10.1 Å². The first kappa shape index (κ1) is 14.4. The van der Waals surface area contributed by atoms with E-state index in [0.29, 0.717) is 0 Å². The number of hydrogen-bond acceptors (Lipinski definition) is 4. The van der Waals surface area contributed by atoms with Crippen molar-refractivity contribution < 1.29 is 18.1 Å². The van der Waals surface area contributed by atoms with Gasteiger partial charge >= 0.3 is 29.6 Å². The predicted molar refractivity (Wildman–Crippen MR) is 43.2 cm³/mol. The van der Waals surface area contributed by atoms with E-state index in [1.165, 1.54) is 0 Å². The molecule has 5 nitrogen and oxygen atoms in total. The number of hydrogen-bond donors (Lipinski definition) is 3. The molecule has 11 heavy (non-hydrogen) atoms. The fourth-order valence-electron chi connectivity index (χ4n) is 0.532. The van der Waals surface area contributed by atoms with Crippen molar-refractivity contribution in [3.63, 3.8) is 0 Å². The van der Waals surface area contributed by atoms with Crippen LogP contribution in [0.5, 0.6) is 0 Å². The summed E-state index contributed by atoms with van der Waals surface area (Å²) in [5.74, 6) is 0. The van der Waals surface area contributed by atoms with Crippen LogP contribution in [0.25, 0.3) is 0 Å². The van der Waals surface area contributed by atoms with Crippen LogP contribution in [0.15, 0.2) is 0 Å². The molecule has 0 saturated heterocycles. The van der Waals surface area contributed by atoms with E-state index in [1.807, 2.05) is 0 Å². The van der Waals surface area contributed by atoms with E-state index in [1.54, 1.807) is 0 Å². The van der Waals surface area contributed by atoms with E-state index in [0.717, 1.165) is 0 Å². The maximum atomic E-state index is 10.3. The third-order valence-electron chi connectivity index (χ3n) is 1.14. The summed E-state index contributed by atoms with van der Waals surface area (Å²) in [5, 5.41) is 7.27. The van der Waals surface area contributed by atoms with Crippen molar-refractivity contribution in [3.05, 3.63) is 0 Å². The van der Waals surface area contributed by atoms with Crippen molar-refractivity contribution in [1.82, 2.24) is 0 Å². The zero-order valence-corrected chi connectivity index (χ0v) is 6.21.